The van der Waals surface area contributed by atoms with Gasteiger partial charge < -0.3 is 15.7 Å². The fourth-order valence-corrected chi connectivity index (χ4v) is 4.86. The van der Waals surface area contributed by atoms with Gasteiger partial charge in [-0.05, 0) is 67.1 Å². The molecule has 2 aromatic rings. The number of halogens is 1. The number of carbonyl (C=O) groups is 2. The lowest BCUT2D eigenvalue weighted by molar-refractivity contribution is -0.120. The second-order valence-corrected chi connectivity index (χ2v) is 8.87. The number of piperidine rings is 1. The van der Waals surface area contributed by atoms with Gasteiger partial charge in [-0.1, -0.05) is 41.4 Å². The molecule has 0 bridgehead atoms. The third-order valence-electron chi connectivity index (χ3n) is 5.91. The van der Waals surface area contributed by atoms with Gasteiger partial charge in [-0.3, -0.25) is 4.79 Å². The quantitative estimate of drug-likeness (QED) is 0.546. The van der Waals surface area contributed by atoms with E-state index in [0.29, 0.717) is 0 Å². The van der Waals surface area contributed by atoms with Crippen LogP contribution < -0.4 is 10.6 Å². The van der Waals surface area contributed by atoms with Crippen LogP contribution in [0.1, 0.15) is 72.3 Å². The van der Waals surface area contributed by atoms with Gasteiger partial charge in [-0.2, -0.15) is 0 Å². The Balaban J connectivity index is 2.07. The van der Waals surface area contributed by atoms with Gasteiger partial charge in [0.25, 0.3) is 0 Å². The molecule has 1 amide bonds. The normalized spacial score (nSPS) is 16.1. The maximum absolute atomic E-state index is 12.7. The van der Waals surface area contributed by atoms with E-state index in [9.17, 15) is 14.7 Å². The zero-order chi connectivity index (χ0) is 21.7. The smallest absolute Gasteiger partial charge is 0.335 e. The second kappa shape index (κ2) is 10.1. The lowest BCUT2D eigenvalue weighted by Crippen LogP contribution is -2.32. The molecular formula is C24H29BrN2O3. The Kier molecular flexibility index (Phi) is 7.53. The second-order valence-electron chi connectivity index (χ2n) is 7.95. The summed E-state index contributed by atoms with van der Waals surface area (Å²) >= 11 is 3.61. The Labute approximate surface area is 186 Å². The monoisotopic (exact) mass is 472 g/mol. The summed E-state index contributed by atoms with van der Waals surface area (Å²) in [5, 5.41) is 9.20. The van der Waals surface area contributed by atoms with E-state index in [1.165, 1.54) is 24.9 Å². The molecular weight excluding hydrogens is 444 g/mol. The van der Waals surface area contributed by atoms with Crippen LogP contribution in [0.4, 0.5) is 5.69 Å². The predicted molar refractivity (Wildman–Crippen MR) is 123 cm³/mol. The number of primary amides is 1. The topological polar surface area (TPSA) is 83.6 Å². The minimum Gasteiger partial charge on any atom is -0.478 e. The maximum atomic E-state index is 12.7. The van der Waals surface area contributed by atoms with E-state index in [1.54, 1.807) is 24.3 Å². The van der Waals surface area contributed by atoms with Crippen LogP contribution in [0.3, 0.4) is 0 Å². The van der Waals surface area contributed by atoms with Gasteiger partial charge in [0.1, 0.15) is 0 Å². The molecule has 0 radical (unpaired) electrons. The molecule has 3 rings (SSSR count). The van der Waals surface area contributed by atoms with Gasteiger partial charge in [0, 0.05) is 29.2 Å². The highest BCUT2D eigenvalue weighted by molar-refractivity contribution is 9.10. The Bertz CT molecular complexity index is 892. The number of benzene rings is 2. The summed E-state index contributed by atoms with van der Waals surface area (Å²) < 4.78 is 0.976. The summed E-state index contributed by atoms with van der Waals surface area (Å²) in [6.45, 7) is 4.14. The van der Waals surface area contributed by atoms with E-state index in [1.807, 2.05) is 0 Å². The van der Waals surface area contributed by atoms with Crippen LogP contribution in [-0.4, -0.2) is 30.1 Å². The number of anilines is 1. The Morgan fingerprint density at radius 2 is 1.77 bits per heavy atom. The standard InChI is InChI=1S/C24H29BrN2O3/c1-2-6-19(22(23(26)28)16-7-9-17(10-8-16)24(29)30)20-15-18(25)11-12-21(20)27-13-4-3-5-14-27/h7-12,15,19,22H,2-6,13-14H2,1H3,(H2,26,28)(H,29,30)/t19?,22-/m0/s1. The van der Waals surface area contributed by atoms with Gasteiger partial charge in [0.15, 0.2) is 0 Å². The summed E-state index contributed by atoms with van der Waals surface area (Å²) in [4.78, 5) is 26.3. The van der Waals surface area contributed by atoms with Crippen LogP contribution in [0.2, 0.25) is 0 Å². The van der Waals surface area contributed by atoms with Crippen LogP contribution in [0, 0.1) is 0 Å². The maximum Gasteiger partial charge on any atom is 0.335 e. The summed E-state index contributed by atoms with van der Waals surface area (Å²) in [5.41, 5.74) is 9.18. The fourth-order valence-electron chi connectivity index (χ4n) is 4.49. The molecule has 160 valence electrons. The van der Waals surface area contributed by atoms with Crippen molar-refractivity contribution in [2.24, 2.45) is 5.73 Å². The minimum atomic E-state index is -0.985. The zero-order valence-corrected chi connectivity index (χ0v) is 18.9. The molecule has 6 heteroatoms. The number of carbonyl (C=O) groups excluding carboxylic acids is 1. The van der Waals surface area contributed by atoms with E-state index in [-0.39, 0.29) is 17.4 Å². The van der Waals surface area contributed by atoms with E-state index in [0.717, 1.165) is 41.5 Å². The summed E-state index contributed by atoms with van der Waals surface area (Å²) in [5.74, 6) is -1.98. The molecule has 1 unspecified atom stereocenters. The van der Waals surface area contributed by atoms with Crippen molar-refractivity contribution < 1.29 is 14.7 Å². The third-order valence-corrected chi connectivity index (χ3v) is 6.40. The molecule has 3 N–H and O–H groups in total. The largest absolute Gasteiger partial charge is 0.478 e. The zero-order valence-electron chi connectivity index (χ0n) is 17.3. The lowest BCUT2D eigenvalue weighted by Gasteiger charge is -2.34. The molecule has 0 spiro atoms. The molecule has 5 nitrogen and oxygen atoms in total. The van der Waals surface area contributed by atoms with Gasteiger partial charge in [0.2, 0.25) is 5.91 Å². The van der Waals surface area contributed by atoms with Crippen molar-refractivity contribution in [1.82, 2.24) is 0 Å². The van der Waals surface area contributed by atoms with E-state index >= 15 is 0 Å². The third kappa shape index (κ3) is 5.04. The molecule has 2 atom stereocenters. The number of carboxylic acid groups (broad SMARTS) is 1. The molecule has 0 aromatic heterocycles. The number of hydrogen-bond acceptors (Lipinski definition) is 3. The van der Waals surface area contributed by atoms with Crippen LogP contribution in [-0.2, 0) is 4.79 Å². The Hall–Kier alpha value is -2.34. The Morgan fingerprint density at radius 1 is 1.10 bits per heavy atom. The number of aromatic carboxylic acids is 1. The van der Waals surface area contributed by atoms with Gasteiger partial charge in [0.05, 0.1) is 11.5 Å². The molecule has 0 saturated carbocycles. The minimum absolute atomic E-state index is 0.0856. The molecule has 1 aliphatic heterocycles. The summed E-state index contributed by atoms with van der Waals surface area (Å²) in [6, 6.07) is 12.8. The molecule has 1 fully saturated rings. The highest BCUT2D eigenvalue weighted by atomic mass is 79.9. The first kappa shape index (κ1) is 22.3. The van der Waals surface area contributed by atoms with Crippen molar-refractivity contribution in [2.75, 3.05) is 18.0 Å². The van der Waals surface area contributed by atoms with Crippen molar-refractivity contribution >= 4 is 33.5 Å². The summed E-state index contributed by atoms with van der Waals surface area (Å²) in [7, 11) is 0. The van der Waals surface area contributed by atoms with Crippen molar-refractivity contribution in [3.05, 3.63) is 63.6 Å². The van der Waals surface area contributed by atoms with Crippen molar-refractivity contribution in [3.63, 3.8) is 0 Å². The molecule has 2 aromatic carbocycles. The number of rotatable bonds is 8. The van der Waals surface area contributed by atoms with Crippen LogP contribution in [0.15, 0.2) is 46.9 Å². The first-order valence-electron chi connectivity index (χ1n) is 10.6. The number of carboxylic acids is 1. The van der Waals surface area contributed by atoms with Crippen molar-refractivity contribution in [3.8, 4) is 0 Å². The summed E-state index contributed by atoms with van der Waals surface area (Å²) in [6.07, 6.45) is 5.31. The highest BCUT2D eigenvalue weighted by Gasteiger charge is 2.32. The van der Waals surface area contributed by atoms with Crippen LogP contribution in [0.5, 0.6) is 0 Å². The Morgan fingerprint density at radius 3 is 2.33 bits per heavy atom. The lowest BCUT2D eigenvalue weighted by atomic mass is 9.77. The number of nitrogens with two attached hydrogens (primary N) is 1. The molecule has 30 heavy (non-hydrogen) atoms. The van der Waals surface area contributed by atoms with Crippen molar-refractivity contribution in [2.45, 2.75) is 50.9 Å². The predicted octanol–water partition coefficient (Wildman–Crippen LogP) is 5.29. The van der Waals surface area contributed by atoms with E-state index in [4.69, 9.17) is 5.73 Å². The van der Waals surface area contributed by atoms with Crippen LogP contribution >= 0.6 is 15.9 Å². The fraction of sp³-hybridized carbons (Fsp3) is 0.417. The molecule has 0 aliphatic carbocycles. The average Bonchev–Trinajstić information content (AvgIpc) is 2.74. The number of hydrogen-bond donors (Lipinski definition) is 2. The molecule has 1 aliphatic rings. The highest BCUT2D eigenvalue weighted by Crippen LogP contribution is 2.42. The van der Waals surface area contributed by atoms with Gasteiger partial charge >= 0.3 is 5.97 Å². The van der Waals surface area contributed by atoms with Gasteiger partial charge in [-0.25, -0.2) is 4.79 Å². The van der Waals surface area contributed by atoms with Crippen molar-refractivity contribution in [1.29, 1.82) is 0 Å². The first-order chi connectivity index (χ1) is 14.4. The van der Waals surface area contributed by atoms with E-state index in [2.05, 4.69) is 46.0 Å². The number of amides is 1. The number of nitrogens with zero attached hydrogens (tertiary/aromatic N) is 1. The SMILES string of the molecule is CCCC(c1cc(Br)ccc1N1CCCCC1)[C@@H](C(N)=O)c1ccc(C(=O)O)cc1. The van der Waals surface area contributed by atoms with Gasteiger partial charge in [-0.15, -0.1) is 0 Å². The molecule has 1 saturated heterocycles. The first-order valence-corrected chi connectivity index (χ1v) is 11.4. The van der Waals surface area contributed by atoms with Crippen LogP contribution in [0.25, 0.3) is 0 Å². The molecule has 1 heterocycles. The van der Waals surface area contributed by atoms with E-state index < -0.39 is 11.9 Å². The average molecular weight is 473 g/mol.